The van der Waals surface area contributed by atoms with Crippen molar-refractivity contribution in [3.8, 4) is 0 Å². The van der Waals surface area contributed by atoms with Crippen LogP contribution in [-0.4, -0.2) is 43.9 Å². The predicted molar refractivity (Wildman–Crippen MR) is 254 cm³/mol. The molecule has 0 N–H and O–H groups in total. The molecule has 0 unspecified atom stereocenters. The number of halogens is 1. The van der Waals surface area contributed by atoms with Gasteiger partial charge in [0.15, 0.2) is 0 Å². The molecule has 1 aliphatic heterocycles. The van der Waals surface area contributed by atoms with Gasteiger partial charge in [0.25, 0.3) is 0 Å². The first-order chi connectivity index (χ1) is 32.4. The quantitative estimate of drug-likeness (QED) is 0.0526. The molecule has 6 aromatic carbocycles. The summed E-state index contributed by atoms with van der Waals surface area (Å²) in [7, 11) is 1.35. The fourth-order valence-corrected chi connectivity index (χ4v) is 9.29. The molecule has 1 heterocycles. The maximum absolute atomic E-state index is 13.9. The Kier molecular flexibility index (Phi) is 16.3. The zero-order valence-corrected chi connectivity index (χ0v) is 37.4. The third-order valence-corrected chi connectivity index (χ3v) is 12.7. The number of allylic oxidation sites excluding steroid dienone is 1. The number of esters is 1. The van der Waals surface area contributed by atoms with E-state index in [0.717, 1.165) is 46.2 Å². The lowest BCUT2D eigenvalue weighted by molar-refractivity contribution is -0.211. The number of methoxy groups -OCH3 is 1. The summed E-state index contributed by atoms with van der Waals surface area (Å²) in [6.45, 7) is 2.25. The van der Waals surface area contributed by atoms with E-state index < -0.39 is 12.0 Å². The lowest BCUT2D eigenvalue weighted by Crippen LogP contribution is -2.55. The molecule has 0 radical (unpaired) electrons. The molecule has 0 spiro atoms. The molecule has 66 heavy (non-hydrogen) atoms. The summed E-state index contributed by atoms with van der Waals surface area (Å²) in [5.74, 6) is -1.16. The van der Waals surface area contributed by atoms with Crippen LogP contribution in [0.1, 0.15) is 65.1 Å². The maximum Gasteiger partial charge on any atom is 0.305 e. The number of carbonyl (C=O) groups is 2. The molecule has 2 fully saturated rings. The van der Waals surface area contributed by atoms with E-state index in [0.29, 0.717) is 45.1 Å². The number of amides is 1. The molecule has 8 nitrogen and oxygen atoms in total. The van der Waals surface area contributed by atoms with Gasteiger partial charge in [0.2, 0.25) is 5.91 Å². The predicted octanol–water partition coefficient (Wildman–Crippen LogP) is 11.5. The van der Waals surface area contributed by atoms with Crippen LogP contribution in [0.5, 0.6) is 0 Å². The molecule has 7 atom stereocenters. The number of benzene rings is 6. The number of nitrogens with zero attached hydrogens (tertiary/aromatic N) is 1. The summed E-state index contributed by atoms with van der Waals surface area (Å²) in [4.78, 5) is 27.3. The van der Waals surface area contributed by atoms with Gasteiger partial charge in [0.05, 0.1) is 64.3 Å². The Hall–Kier alpha value is -6.23. The van der Waals surface area contributed by atoms with Crippen molar-refractivity contribution in [3.05, 3.63) is 215 Å². The summed E-state index contributed by atoms with van der Waals surface area (Å²) in [5.41, 5.74) is 6.92. The highest BCUT2D eigenvalue weighted by Crippen LogP contribution is 2.46. The first-order valence-corrected chi connectivity index (χ1v) is 22.9. The van der Waals surface area contributed by atoms with E-state index in [2.05, 4.69) is 72.8 Å². The molecule has 8 rings (SSSR count). The molecule has 2 aliphatic rings. The number of rotatable bonds is 21. The average Bonchev–Trinajstić information content (AvgIpc) is 3.36. The van der Waals surface area contributed by atoms with Crippen LogP contribution in [0.4, 0.5) is 10.1 Å². The van der Waals surface area contributed by atoms with E-state index in [1.54, 1.807) is 17.0 Å². The molecular weight excluding hydrogens is 830 g/mol. The number of ether oxygens (including phenoxy) is 5. The molecular formula is C57H58FNO7. The van der Waals surface area contributed by atoms with Crippen molar-refractivity contribution >= 4 is 23.6 Å². The standard InChI is InChI=1S/C57H58FNO7/c1-62-52(60)34-33-51-53(59(57(51)61)50-31-29-49(58)30-32-50)46-27-25-41(26-28-46)23-14-24-47-35-48(40-63-36-42-15-6-2-7-16-42)55(65-38-44-19-10-4-11-20-44)56(66-39-45-21-12-5-13-22-45)54(47)64-37-43-17-8-3-9-18-43/h2-23,25-32,47-48,51,53-56H,24,33-40H2,1H3/b23-14+/t47-,48-,51-,53-,54+,55-,56-/m1/s1. The highest BCUT2D eigenvalue weighted by molar-refractivity contribution is 6.03. The number of carbonyl (C=O) groups excluding carboxylic acids is 2. The van der Waals surface area contributed by atoms with Crippen LogP contribution in [0, 0.1) is 23.6 Å². The summed E-state index contributed by atoms with van der Waals surface area (Å²) < 4.78 is 46.2. The molecule has 6 aromatic rings. The first-order valence-electron chi connectivity index (χ1n) is 22.9. The van der Waals surface area contributed by atoms with Crippen LogP contribution >= 0.6 is 0 Å². The molecule has 0 bridgehead atoms. The van der Waals surface area contributed by atoms with Crippen LogP contribution < -0.4 is 4.90 Å². The summed E-state index contributed by atoms with van der Waals surface area (Å²) in [5, 5.41) is 0. The zero-order valence-electron chi connectivity index (χ0n) is 37.4. The molecule has 1 saturated carbocycles. The fourth-order valence-electron chi connectivity index (χ4n) is 9.29. The third-order valence-electron chi connectivity index (χ3n) is 12.7. The van der Waals surface area contributed by atoms with Crippen molar-refractivity contribution in [2.45, 2.75) is 76.5 Å². The average molecular weight is 888 g/mol. The van der Waals surface area contributed by atoms with Crippen LogP contribution in [0.25, 0.3) is 6.08 Å². The normalized spacial score (nSPS) is 21.7. The van der Waals surface area contributed by atoms with Gasteiger partial charge in [-0.15, -0.1) is 0 Å². The Morgan fingerprint density at radius 3 is 1.65 bits per heavy atom. The van der Waals surface area contributed by atoms with E-state index in [1.807, 2.05) is 84.9 Å². The highest BCUT2D eigenvalue weighted by atomic mass is 19.1. The monoisotopic (exact) mass is 887 g/mol. The molecule has 9 heteroatoms. The van der Waals surface area contributed by atoms with Gasteiger partial charge in [-0.3, -0.25) is 9.59 Å². The third kappa shape index (κ3) is 12.2. The minimum Gasteiger partial charge on any atom is -0.469 e. The van der Waals surface area contributed by atoms with Crippen molar-refractivity contribution in [1.29, 1.82) is 0 Å². The van der Waals surface area contributed by atoms with E-state index in [4.69, 9.17) is 23.7 Å². The second-order valence-corrected chi connectivity index (χ2v) is 17.2. The van der Waals surface area contributed by atoms with Crippen LogP contribution in [0.15, 0.2) is 176 Å². The van der Waals surface area contributed by atoms with Crippen molar-refractivity contribution in [3.63, 3.8) is 0 Å². The summed E-state index contributed by atoms with van der Waals surface area (Å²) in [6, 6.07) is 54.8. The Bertz CT molecular complexity index is 2430. The molecule has 340 valence electrons. The van der Waals surface area contributed by atoms with Crippen LogP contribution in [0.3, 0.4) is 0 Å². The summed E-state index contributed by atoms with van der Waals surface area (Å²) >= 11 is 0. The Morgan fingerprint density at radius 2 is 1.12 bits per heavy atom. The minimum absolute atomic E-state index is 0.00817. The van der Waals surface area contributed by atoms with E-state index in [1.165, 1.54) is 19.2 Å². The van der Waals surface area contributed by atoms with Gasteiger partial charge < -0.3 is 28.6 Å². The Balaban J connectivity index is 1.06. The molecule has 1 amide bonds. The second-order valence-electron chi connectivity index (χ2n) is 17.2. The van der Waals surface area contributed by atoms with Crippen molar-refractivity contribution in [2.24, 2.45) is 17.8 Å². The first kappa shape index (κ1) is 46.3. The van der Waals surface area contributed by atoms with Gasteiger partial charge in [-0.2, -0.15) is 0 Å². The van der Waals surface area contributed by atoms with Crippen LogP contribution in [0.2, 0.25) is 0 Å². The van der Waals surface area contributed by atoms with Gasteiger partial charge in [0.1, 0.15) is 11.9 Å². The van der Waals surface area contributed by atoms with Gasteiger partial charge in [0, 0.05) is 18.0 Å². The van der Waals surface area contributed by atoms with Crippen molar-refractivity contribution < 1.29 is 37.7 Å². The van der Waals surface area contributed by atoms with Gasteiger partial charge in [-0.1, -0.05) is 158 Å². The summed E-state index contributed by atoms with van der Waals surface area (Å²) in [6.07, 6.45) is 5.34. The molecule has 0 aromatic heterocycles. The van der Waals surface area contributed by atoms with Gasteiger partial charge in [-0.25, -0.2) is 4.39 Å². The molecule has 1 aliphatic carbocycles. The fraction of sp³-hybridized carbons (Fsp3) is 0.298. The number of hydrogen-bond donors (Lipinski definition) is 0. The number of anilines is 1. The van der Waals surface area contributed by atoms with Gasteiger partial charge >= 0.3 is 5.97 Å². The van der Waals surface area contributed by atoms with Crippen molar-refractivity contribution in [2.75, 3.05) is 18.6 Å². The lowest BCUT2D eigenvalue weighted by Gasteiger charge is -2.47. The highest BCUT2D eigenvalue weighted by Gasteiger charge is 2.49. The topological polar surface area (TPSA) is 83.5 Å². The largest absolute Gasteiger partial charge is 0.469 e. The maximum atomic E-state index is 13.9. The Labute approximate surface area is 387 Å². The zero-order chi connectivity index (χ0) is 45.5. The van der Waals surface area contributed by atoms with E-state index in [-0.39, 0.29) is 54.2 Å². The van der Waals surface area contributed by atoms with Crippen molar-refractivity contribution in [1.82, 2.24) is 0 Å². The van der Waals surface area contributed by atoms with Crippen LogP contribution in [-0.2, 0) is 59.7 Å². The van der Waals surface area contributed by atoms with Gasteiger partial charge in [-0.05, 0) is 82.8 Å². The SMILES string of the molecule is COC(=O)CC[C@H]1C(=O)N(c2ccc(F)cc2)[C@@H]1c1ccc(/C=C/C[C@@H]2C[C@H](COCc3ccccc3)[C@@H](OCc3ccccc3)[C@H](OCc3ccccc3)[C@H]2OCc2ccccc2)cc1. The lowest BCUT2D eigenvalue weighted by atomic mass is 9.74. The Morgan fingerprint density at radius 1 is 0.621 bits per heavy atom. The second kappa shape index (κ2) is 23.3. The smallest absolute Gasteiger partial charge is 0.305 e. The number of β-lactam (4-membered cyclic amide) rings is 1. The van der Waals surface area contributed by atoms with E-state index in [9.17, 15) is 14.0 Å². The number of hydrogen-bond acceptors (Lipinski definition) is 7. The van der Waals surface area contributed by atoms with E-state index >= 15 is 0 Å². The molecule has 1 saturated heterocycles. The minimum atomic E-state index is -0.407.